The molecule has 2 N–H and O–H groups in total. The van der Waals surface area contributed by atoms with E-state index in [4.69, 9.17) is 0 Å². The minimum absolute atomic E-state index is 0.0166. The fraction of sp³-hybridized carbons (Fsp3) is 0.0526. The highest BCUT2D eigenvalue weighted by Crippen LogP contribution is 2.34. The number of amides is 1. The molecule has 0 spiro atoms. The molecule has 2 heterocycles. The topological polar surface area (TPSA) is 62.0 Å². The molecule has 0 radical (unpaired) electrons. The summed E-state index contributed by atoms with van der Waals surface area (Å²) in [6.07, 6.45) is 1.82. The van der Waals surface area contributed by atoms with E-state index < -0.39 is 0 Å². The number of hydrogen-bond acceptors (Lipinski definition) is 2. The summed E-state index contributed by atoms with van der Waals surface area (Å²) in [6, 6.07) is 15.2. The monoisotopic (exact) mass is 302 g/mol. The van der Waals surface area contributed by atoms with Gasteiger partial charge in [0.05, 0.1) is 5.57 Å². The molecule has 0 saturated heterocycles. The summed E-state index contributed by atoms with van der Waals surface area (Å²) in [5, 5.41) is 3.93. The maximum atomic E-state index is 12.3. The van der Waals surface area contributed by atoms with E-state index in [1.54, 1.807) is 18.2 Å². The van der Waals surface area contributed by atoms with Gasteiger partial charge in [-0.2, -0.15) is 0 Å². The van der Waals surface area contributed by atoms with Crippen molar-refractivity contribution in [1.82, 2.24) is 4.98 Å². The van der Waals surface area contributed by atoms with Crippen molar-refractivity contribution in [3.63, 3.8) is 0 Å². The predicted molar refractivity (Wildman–Crippen MR) is 91.2 cm³/mol. The largest absolute Gasteiger partial charge is 0.355 e. The summed E-state index contributed by atoms with van der Waals surface area (Å²) >= 11 is 0. The van der Waals surface area contributed by atoms with Crippen molar-refractivity contribution < 1.29 is 9.59 Å². The van der Waals surface area contributed by atoms with Gasteiger partial charge in [0.2, 0.25) is 0 Å². The van der Waals surface area contributed by atoms with Gasteiger partial charge in [-0.1, -0.05) is 18.2 Å². The molecule has 112 valence electrons. The Kier molecular flexibility index (Phi) is 2.91. The lowest BCUT2D eigenvalue weighted by Crippen LogP contribution is -2.03. The van der Waals surface area contributed by atoms with Crippen LogP contribution in [-0.2, 0) is 4.79 Å². The van der Waals surface area contributed by atoms with Crippen molar-refractivity contribution in [2.75, 3.05) is 5.32 Å². The van der Waals surface area contributed by atoms with E-state index in [9.17, 15) is 9.59 Å². The highest BCUT2D eigenvalue weighted by atomic mass is 16.2. The second kappa shape index (κ2) is 4.95. The molecule has 1 aliphatic heterocycles. The smallest absolute Gasteiger partial charge is 0.256 e. The summed E-state index contributed by atoms with van der Waals surface area (Å²) in [7, 11) is 0. The number of benzene rings is 2. The second-order valence-corrected chi connectivity index (χ2v) is 5.64. The van der Waals surface area contributed by atoms with Gasteiger partial charge in [0.15, 0.2) is 5.78 Å². The molecule has 23 heavy (non-hydrogen) atoms. The van der Waals surface area contributed by atoms with Crippen LogP contribution in [-0.4, -0.2) is 16.7 Å². The molecule has 0 aliphatic carbocycles. The average molecular weight is 302 g/mol. The highest BCUT2D eigenvalue weighted by molar-refractivity contribution is 6.35. The minimum Gasteiger partial charge on any atom is -0.355 e. The number of Topliss-reactive ketones (excluding diaryl/α,β-unsaturated/α-hetero) is 1. The summed E-state index contributed by atoms with van der Waals surface area (Å²) in [4.78, 5) is 27.1. The van der Waals surface area contributed by atoms with E-state index in [-0.39, 0.29) is 11.7 Å². The standard InChI is InChI=1S/C19H14N2O2/c1-11(22)12-6-7-18-15(9-12)16(19(23)21-18)10-14-8-13-4-2-3-5-17(13)20-14/h2-10,20H,1H3,(H,21,23)/b16-10-. The minimum atomic E-state index is -0.153. The van der Waals surface area contributed by atoms with Gasteiger partial charge in [0.1, 0.15) is 0 Å². The number of para-hydroxylation sites is 1. The van der Waals surface area contributed by atoms with Crippen molar-refractivity contribution in [2.45, 2.75) is 6.92 Å². The number of hydrogen-bond donors (Lipinski definition) is 2. The molecule has 0 saturated carbocycles. The number of anilines is 1. The third-order valence-electron chi connectivity index (χ3n) is 4.06. The van der Waals surface area contributed by atoms with E-state index in [1.807, 2.05) is 36.4 Å². The van der Waals surface area contributed by atoms with E-state index in [1.165, 1.54) is 6.92 Å². The summed E-state index contributed by atoms with van der Waals surface area (Å²) < 4.78 is 0. The van der Waals surface area contributed by atoms with Gasteiger partial charge in [0.25, 0.3) is 5.91 Å². The molecule has 4 rings (SSSR count). The van der Waals surface area contributed by atoms with Gasteiger partial charge in [-0.15, -0.1) is 0 Å². The van der Waals surface area contributed by atoms with Crippen LogP contribution < -0.4 is 5.32 Å². The van der Waals surface area contributed by atoms with Crippen LogP contribution in [0.25, 0.3) is 22.6 Å². The number of rotatable bonds is 2. The maximum absolute atomic E-state index is 12.3. The third-order valence-corrected chi connectivity index (χ3v) is 4.06. The zero-order valence-corrected chi connectivity index (χ0v) is 12.5. The normalized spacial score (nSPS) is 15.0. The number of H-pyrrole nitrogens is 1. The molecule has 0 unspecified atom stereocenters. The van der Waals surface area contributed by atoms with E-state index in [2.05, 4.69) is 10.3 Å². The molecule has 0 fully saturated rings. The molecule has 0 bridgehead atoms. The van der Waals surface area contributed by atoms with Crippen LogP contribution in [0, 0.1) is 0 Å². The van der Waals surface area contributed by atoms with Crippen LogP contribution in [0.15, 0.2) is 48.5 Å². The number of carbonyl (C=O) groups excluding carboxylic acids is 2. The first-order valence-corrected chi connectivity index (χ1v) is 7.38. The van der Waals surface area contributed by atoms with Gasteiger partial charge in [-0.05, 0) is 48.7 Å². The van der Waals surface area contributed by atoms with Crippen LogP contribution in [0.2, 0.25) is 0 Å². The molecule has 0 atom stereocenters. The van der Waals surface area contributed by atoms with Crippen LogP contribution in [0.4, 0.5) is 5.69 Å². The first kappa shape index (κ1) is 13.5. The van der Waals surface area contributed by atoms with E-state index >= 15 is 0 Å². The summed E-state index contributed by atoms with van der Waals surface area (Å²) in [5.74, 6) is -0.170. The van der Waals surface area contributed by atoms with Crippen molar-refractivity contribution in [3.8, 4) is 0 Å². The van der Waals surface area contributed by atoms with Crippen molar-refractivity contribution in [3.05, 3.63) is 65.4 Å². The number of ketones is 1. The number of fused-ring (bicyclic) bond motifs is 2. The molecule has 1 amide bonds. The van der Waals surface area contributed by atoms with Crippen LogP contribution in [0.3, 0.4) is 0 Å². The Morgan fingerprint density at radius 3 is 2.70 bits per heavy atom. The Balaban J connectivity index is 1.84. The van der Waals surface area contributed by atoms with Crippen LogP contribution in [0.5, 0.6) is 0 Å². The second-order valence-electron chi connectivity index (χ2n) is 5.64. The van der Waals surface area contributed by atoms with Gasteiger partial charge < -0.3 is 10.3 Å². The quantitative estimate of drug-likeness (QED) is 0.557. The molecule has 4 heteroatoms. The SMILES string of the molecule is CC(=O)c1ccc2c(c1)/C(=C/c1cc3ccccc3[nH]1)C(=O)N2. The molecule has 4 nitrogen and oxygen atoms in total. The Bertz CT molecular complexity index is 963. The average Bonchev–Trinajstić information content (AvgIpc) is 3.08. The lowest BCUT2D eigenvalue weighted by molar-refractivity contribution is -0.110. The Labute approximate surface area is 132 Å². The van der Waals surface area contributed by atoms with Crippen molar-refractivity contribution in [2.24, 2.45) is 0 Å². The molecular weight excluding hydrogens is 288 g/mol. The van der Waals surface area contributed by atoms with Crippen molar-refractivity contribution in [1.29, 1.82) is 0 Å². The fourth-order valence-corrected chi connectivity index (χ4v) is 2.88. The maximum Gasteiger partial charge on any atom is 0.256 e. The Morgan fingerprint density at radius 2 is 1.91 bits per heavy atom. The van der Waals surface area contributed by atoms with Gasteiger partial charge >= 0.3 is 0 Å². The first-order valence-electron chi connectivity index (χ1n) is 7.38. The lowest BCUT2D eigenvalue weighted by atomic mass is 10.0. The molecular formula is C19H14N2O2. The predicted octanol–water partition coefficient (Wildman–Crippen LogP) is 3.86. The summed E-state index contributed by atoms with van der Waals surface area (Å²) in [5.41, 5.74) is 4.55. The van der Waals surface area contributed by atoms with Crippen molar-refractivity contribution >= 4 is 39.9 Å². The zero-order chi connectivity index (χ0) is 16.0. The third kappa shape index (κ3) is 2.25. The molecule has 3 aromatic rings. The molecule has 1 aliphatic rings. The number of aromatic amines is 1. The number of nitrogens with one attached hydrogen (secondary N) is 2. The van der Waals surface area contributed by atoms with Gasteiger partial charge in [0, 0.05) is 28.0 Å². The fourth-order valence-electron chi connectivity index (χ4n) is 2.88. The lowest BCUT2D eigenvalue weighted by Gasteiger charge is -2.01. The molecule has 2 aromatic carbocycles. The van der Waals surface area contributed by atoms with Crippen LogP contribution in [0.1, 0.15) is 28.5 Å². The summed E-state index contributed by atoms with van der Waals surface area (Å²) in [6.45, 7) is 1.52. The Hall–Kier alpha value is -3.14. The van der Waals surface area contributed by atoms with E-state index in [0.717, 1.165) is 27.8 Å². The van der Waals surface area contributed by atoms with Gasteiger partial charge in [-0.3, -0.25) is 9.59 Å². The number of carbonyl (C=O) groups is 2. The molecule has 1 aromatic heterocycles. The highest BCUT2D eigenvalue weighted by Gasteiger charge is 2.25. The van der Waals surface area contributed by atoms with Crippen LogP contribution >= 0.6 is 0 Å². The first-order chi connectivity index (χ1) is 11.1. The van der Waals surface area contributed by atoms with E-state index in [0.29, 0.717) is 11.1 Å². The zero-order valence-electron chi connectivity index (χ0n) is 12.5. The van der Waals surface area contributed by atoms with Gasteiger partial charge in [-0.25, -0.2) is 0 Å². The Morgan fingerprint density at radius 1 is 1.09 bits per heavy atom. The number of aromatic nitrogens is 1.